The predicted octanol–water partition coefficient (Wildman–Crippen LogP) is 5.10. The monoisotopic (exact) mass is 265 g/mol. The number of aryl methyl sites for hydroxylation is 1. The Balaban J connectivity index is 2.21. The quantitative estimate of drug-likeness (QED) is 0.611. The number of aromatic nitrogens is 1. The lowest BCUT2D eigenvalue weighted by atomic mass is 9.86. The van der Waals surface area contributed by atoms with Gasteiger partial charge in [0.2, 0.25) is 5.89 Å². The van der Waals surface area contributed by atoms with E-state index in [1.54, 1.807) is 0 Å². The number of benzene rings is 2. The van der Waals surface area contributed by atoms with Crippen molar-refractivity contribution in [2.24, 2.45) is 0 Å². The SMILES string of the molecule is Cc1cccc(-c2nc3cccc(C(C)(C)C)c3o2)c1. The largest absolute Gasteiger partial charge is 0.436 e. The topological polar surface area (TPSA) is 26.0 Å². The summed E-state index contributed by atoms with van der Waals surface area (Å²) in [6.07, 6.45) is 0. The van der Waals surface area contributed by atoms with Crippen LogP contribution in [0.1, 0.15) is 31.9 Å². The number of para-hydroxylation sites is 1. The van der Waals surface area contributed by atoms with E-state index < -0.39 is 0 Å². The average molecular weight is 265 g/mol. The average Bonchev–Trinajstić information content (AvgIpc) is 2.81. The number of hydrogen-bond donors (Lipinski definition) is 0. The summed E-state index contributed by atoms with van der Waals surface area (Å²) in [7, 11) is 0. The van der Waals surface area contributed by atoms with Gasteiger partial charge in [-0.25, -0.2) is 4.98 Å². The Morgan fingerprint density at radius 1 is 1.00 bits per heavy atom. The van der Waals surface area contributed by atoms with E-state index in [-0.39, 0.29) is 5.41 Å². The van der Waals surface area contributed by atoms with E-state index >= 15 is 0 Å². The maximum absolute atomic E-state index is 6.06. The molecule has 0 aliphatic heterocycles. The van der Waals surface area contributed by atoms with Gasteiger partial charge >= 0.3 is 0 Å². The summed E-state index contributed by atoms with van der Waals surface area (Å²) in [6, 6.07) is 14.4. The second kappa shape index (κ2) is 4.48. The van der Waals surface area contributed by atoms with Crippen molar-refractivity contribution in [2.45, 2.75) is 33.1 Å². The first-order valence-electron chi connectivity index (χ1n) is 6.92. The van der Waals surface area contributed by atoms with Crippen LogP contribution in [-0.2, 0) is 5.41 Å². The molecule has 1 aromatic heterocycles. The van der Waals surface area contributed by atoms with Gasteiger partial charge in [-0.1, -0.05) is 50.6 Å². The summed E-state index contributed by atoms with van der Waals surface area (Å²) < 4.78 is 6.06. The minimum absolute atomic E-state index is 0.0446. The molecule has 1 heterocycles. The van der Waals surface area contributed by atoms with Gasteiger partial charge in [-0.3, -0.25) is 0 Å². The van der Waals surface area contributed by atoms with Crippen molar-refractivity contribution >= 4 is 11.1 Å². The van der Waals surface area contributed by atoms with Gasteiger partial charge in [0.05, 0.1) is 0 Å². The second-order valence-electron chi connectivity index (χ2n) is 6.29. The zero-order chi connectivity index (χ0) is 14.3. The van der Waals surface area contributed by atoms with Gasteiger partial charge in [-0.2, -0.15) is 0 Å². The molecule has 0 radical (unpaired) electrons. The summed E-state index contributed by atoms with van der Waals surface area (Å²) in [5, 5.41) is 0. The Bertz CT molecular complexity index is 762. The highest BCUT2D eigenvalue weighted by atomic mass is 16.3. The zero-order valence-corrected chi connectivity index (χ0v) is 12.4. The molecule has 20 heavy (non-hydrogen) atoms. The molecule has 0 saturated heterocycles. The summed E-state index contributed by atoms with van der Waals surface area (Å²) >= 11 is 0. The molecule has 2 nitrogen and oxygen atoms in total. The van der Waals surface area contributed by atoms with Crippen LogP contribution in [0.5, 0.6) is 0 Å². The highest BCUT2D eigenvalue weighted by Gasteiger charge is 2.20. The lowest BCUT2D eigenvalue weighted by Gasteiger charge is -2.18. The Labute approximate surface area is 119 Å². The molecule has 3 aromatic rings. The second-order valence-corrected chi connectivity index (χ2v) is 6.29. The van der Waals surface area contributed by atoms with E-state index in [1.165, 1.54) is 11.1 Å². The number of oxazole rings is 1. The Kier molecular flexibility index (Phi) is 2.89. The zero-order valence-electron chi connectivity index (χ0n) is 12.4. The van der Waals surface area contributed by atoms with Gasteiger partial charge in [-0.15, -0.1) is 0 Å². The van der Waals surface area contributed by atoms with E-state index in [4.69, 9.17) is 4.42 Å². The molecule has 102 valence electrons. The Hall–Kier alpha value is -2.09. The van der Waals surface area contributed by atoms with Gasteiger partial charge < -0.3 is 4.42 Å². The van der Waals surface area contributed by atoms with Crippen molar-refractivity contribution < 1.29 is 4.42 Å². The van der Waals surface area contributed by atoms with Crippen molar-refractivity contribution in [3.63, 3.8) is 0 Å². The molecule has 0 N–H and O–H groups in total. The smallest absolute Gasteiger partial charge is 0.227 e. The van der Waals surface area contributed by atoms with Gasteiger partial charge in [0.15, 0.2) is 5.58 Å². The maximum atomic E-state index is 6.06. The van der Waals surface area contributed by atoms with Crippen LogP contribution >= 0.6 is 0 Å². The normalized spacial score (nSPS) is 12.0. The predicted molar refractivity (Wildman–Crippen MR) is 82.9 cm³/mol. The van der Waals surface area contributed by atoms with Crippen LogP contribution in [-0.4, -0.2) is 4.98 Å². The molecule has 2 heteroatoms. The molecule has 3 rings (SSSR count). The fraction of sp³-hybridized carbons (Fsp3) is 0.278. The van der Waals surface area contributed by atoms with Crippen LogP contribution in [0.3, 0.4) is 0 Å². The molecule has 0 saturated carbocycles. The number of nitrogens with zero attached hydrogens (tertiary/aromatic N) is 1. The van der Waals surface area contributed by atoms with Crippen LogP contribution in [0.4, 0.5) is 0 Å². The number of fused-ring (bicyclic) bond motifs is 1. The molecular formula is C18H19NO. The van der Waals surface area contributed by atoms with Crippen molar-refractivity contribution in [1.82, 2.24) is 4.98 Å². The van der Waals surface area contributed by atoms with E-state index in [0.29, 0.717) is 5.89 Å². The number of hydrogen-bond acceptors (Lipinski definition) is 2. The van der Waals surface area contributed by atoms with Crippen LogP contribution in [0.15, 0.2) is 46.9 Å². The van der Waals surface area contributed by atoms with Crippen molar-refractivity contribution in [2.75, 3.05) is 0 Å². The third kappa shape index (κ3) is 2.22. The molecule has 0 atom stereocenters. The molecule has 0 amide bonds. The molecule has 0 bridgehead atoms. The molecule has 0 unspecified atom stereocenters. The number of rotatable bonds is 1. The fourth-order valence-electron chi connectivity index (χ4n) is 2.44. The van der Waals surface area contributed by atoms with Crippen LogP contribution < -0.4 is 0 Å². The van der Waals surface area contributed by atoms with Crippen molar-refractivity contribution in [3.8, 4) is 11.5 Å². The summed E-state index contributed by atoms with van der Waals surface area (Å²) in [4.78, 5) is 4.63. The molecule has 0 spiro atoms. The minimum Gasteiger partial charge on any atom is -0.436 e. The first-order chi connectivity index (χ1) is 9.45. The first-order valence-corrected chi connectivity index (χ1v) is 6.92. The van der Waals surface area contributed by atoms with Crippen molar-refractivity contribution in [1.29, 1.82) is 0 Å². The van der Waals surface area contributed by atoms with Gasteiger partial charge in [-0.05, 0) is 30.5 Å². The summed E-state index contributed by atoms with van der Waals surface area (Å²) in [5.74, 6) is 0.695. The summed E-state index contributed by atoms with van der Waals surface area (Å²) in [6.45, 7) is 8.65. The van der Waals surface area contributed by atoms with Crippen LogP contribution in [0, 0.1) is 6.92 Å². The van der Waals surface area contributed by atoms with E-state index in [1.807, 2.05) is 24.3 Å². The fourth-order valence-corrected chi connectivity index (χ4v) is 2.44. The third-order valence-corrected chi connectivity index (χ3v) is 3.49. The minimum atomic E-state index is 0.0446. The molecule has 0 aliphatic rings. The highest BCUT2D eigenvalue weighted by molar-refractivity contribution is 5.80. The van der Waals surface area contributed by atoms with Gasteiger partial charge in [0, 0.05) is 11.1 Å². The summed E-state index contributed by atoms with van der Waals surface area (Å²) in [5.41, 5.74) is 5.30. The van der Waals surface area contributed by atoms with E-state index in [9.17, 15) is 0 Å². The van der Waals surface area contributed by atoms with E-state index in [2.05, 4.69) is 50.9 Å². The lowest BCUT2D eigenvalue weighted by Crippen LogP contribution is -2.10. The highest BCUT2D eigenvalue weighted by Crippen LogP contribution is 2.33. The van der Waals surface area contributed by atoms with Crippen LogP contribution in [0.25, 0.3) is 22.6 Å². The standard InChI is InChI=1S/C18H19NO/c1-12-7-5-8-13(11-12)17-19-15-10-6-9-14(16(15)20-17)18(2,3)4/h5-11H,1-4H3. The Morgan fingerprint density at radius 2 is 1.75 bits per heavy atom. The molecule has 0 aliphatic carbocycles. The lowest BCUT2D eigenvalue weighted by molar-refractivity contribution is 0.561. The first kappa shape index (κ1) is 12.9. The van der Waals surface area contributed by atoms with Gasteiger partial charge in [0.25, 0.3) is 0 Å². The van der Waals surface area contributed by atoms with Crippen molar-refractivity contribution in [3.05, 3.63) is 53.6 Å². The maximum Gasteiger partial charge on any atom is 0.227 e. The van der Waals surface area contributed by atoms with Crippen LogP contribution in [0.2, 0.25) is 0 Å². The molecule has 0 fully saturated rings. The van der Waals surface area contributed by atoms with E-state index in [0.717, 1.165) is 16.7 Å². The molecule has 2 aromatic carbocycles. The molecular weight excluding hydrogens is 246 g/mol. The Morgan fingerprint density at radius 3 is 2.45 bits per heavy atom. The third-order valence-electron chi connectivity index (χ3n) is 3.49. The van der Waals surface area contributed by atoms with Gasteiger partial charge in [0.1, 0.15) is 5.52 Å².